The molecule has 2 aromatic heterocycles. The third-order valence-corrected chi connectivity index (χ3v) is 4.32. The summed E-state index contributed by atoms with van der Waals surface area (Å²) in [4.78, 5) is 17.1. The summed E-state index contributed by atoms with van der Waals surface area (Å²) in [7, 11) is 0. The smallest absolute Gasteiger partial charge is 0.259 e. The molecule has 0 spiro atoms. The van der Waals surface area contributed by atoms with Crippen LogP contribution in [0.15, 0.2) is 10.6 Å². The lowest BCUT2D eigenvalue weighted by atomic mass is 9.92. The van der Waals surface area contributed by atoms with Crippen LogP contribution in [0.1, 0.15) is 62.3 Å². The molecule has 0 aliphatic heterocycles. The van der Waals surface area contributed by atoms with Crippen molar-refractivity contribution >= 4 is 17.0 Å². The number of pyridine rings is 1. The van der Waals surface area contributed by atoms with E-state index in [1.165, 1.54) is 0 Å². The van der Waals surface area contributed by atoms with Crippen LogP contribution >= 0.6 is 0 Å². The summed E-state index contributed by atoms with van der Waals surface area (Å²) in [5.41, 5.74) is 1.29. The third kappa shape index (κ3) is 3.52. The zero-order chi connectivity index (χ0) is 17.4. The van der Waals surface area contributed by atoms with E-state index >= 15 is 0 Å². The SMILES string of the molecule is Cc1noc2nc(C(C)C)cc(C(=O)NCC(C)(O)C(C)C)c12. The first-order valence-corrected chi connectivity index (χ1v) is 7.91. The molecule has 2 rings (SSSR count). The number of carbonyl (C=O) groups is 1. The molecule has 0 aliphatic rings. The zero-order valence-corrected chi connectivity index (χ0v) is 14.6. The average molecular weight is 319 g/mol. The molecule has 23 heavy (non-hydrogen) atoms. The molecule has 0 radical (unpaired) electrons. The van der Waals surface area contributed by atoms with E-state index in [1.807, 2.05) is 27.7 Å². The molecule has 126 valence electrons. The minimum atomic E-state index is -0.966. The highest BCUT2D eigenvalue weighted by Gasteiger charge is 2.27. The minimum Gasteiger partial charge on any atom is -0.388 e. The van der Waals surface area contributed by atoms with Gasteiger partial charge in [0, 0.05) is 12.2 Å². The van der Waals surface area contributed by atoms with Crippen LogP contribution in [0.25, 0.3) is 11.1 Å². The molecular formula is C17H25N3O3. The van der Waals surface area contributed by atoms with Gasteiger partial charge in [-0.1, -0.05) is 32.9 Å². The minimum absolute atomic E-state index is 0.0313. The van der Waals surface area contributed by atoms with E-state index in [1.54, 1.807) is 19.9 Å². The average Bonchev–Trinajstić information content (AvgIpc) is 2.85. The number of nitrogens with zero attached hydrogens (tertiary/aromatic N) is 2. The van der Waals surface area contributed by atoms with E-state index in [-0.39, 0.29) is 24.3 Å². The molecule has 6 heteroatoms. The number of hydrogen-bond acceptors (Lipinski definition) is 5. The Morgan fingerprint density at radius 2 is 2.04 bits per heavy atom. The number of hydrogen-bond donors (Lipinski definition) is 2. The number of aromatic nitrogens is 2. The predicted molar refractivity (Wildman–Crippen MR) is 88.4 cm³/mol. The molecule has 0 aliphatic carbocycles. The number of amides is 1. The molecule has 6 nitrogen and oxygen atoms in total. The summed E-state index contributed by atoms with van der Waals surface area (Å²) in [5.74, 6) is -0.0644. The standard InChI is InChI=1S/C17H25N3O3/c1-9(2)13-7-12(14-11(5)20-23-16(14)19-13)15(21)18-8-17(6,22)10(3)4/h7,9-10,22H,8H2,1-6H3,(H,18,21). The van der Waals surface area contributed by atoms with Gasteiger partial charge >= 0.3 is 0 Å². The summed E-state index contributed by atoms with van der Waals surface area (Å²) in [6.45, 7) is 11.5. The van der Waals surface area contributed by atoms with Crippen LogP contribution in [0.4, 0.5) is 0 Å². The van der Waals surface area contributed by atoms with Gasteiger partial charge in [-0.25, -0.2) is 4.98 Å². The van der Waals surface area contributed by atoms with Gasteiger partial charge in [-0.2, -0.15) is 0 Å². The fraction of sp³-hybridized carbons (Fsp3) is 0.588. The first-order chi connectivity index (χ1) is 10.6. The van der Waals surface area contributed by atoms with Crippen LogP contribution in [0.5, 0.6) is 0 Å². The van der Waals surface area contributed by atoms with Crippen LogP contribution in [-0.2, 0) is 0 Å². The maximum Gasteiger partial charge on any atom is 0.259 e. The molecule has 1 amide bonds. The van der Waals surface area contributed by atoms with Crippen molar-refractivity contribution in [2.75, 3.05) is 6.54 Å². The summed E-state index contributed by atoms with van der Waals surface area (Å²) >= 11 is 0. The van der Waals surface area contributed by atoms with Gasteiger partial charge in [-0.05, 0) is 31.7 Å². The number of aliphatic hydroxyl groups is 1. The summed E-state index contributed by atoms with van der Waals surface area (Å²) < 4.78 is 5.22. The van der Waals surface area contributed by atoms with E-state index in [0.717, 1.165) is 5.69 Å². The molecule has 0 aromatic carbocycles. The number of aryl methyl sites for hydroxylation is 1. The second-order valence-electron chi connectivity index (χ2n) is 6.89. The second kappa shape index (κ2) is 6.28. The number of rotatable bonds is 5. The number of carbonyl (C=O) groups excluding carboxylic acids is 1. The highest BCUT2D eigenvalue weighted by molar-refractivity contribution is 6.06. The van der Waals surface area contributed by atoms with E-state index in [4.69, 9.17) is 4.52 Å². The summed E-state index contributed by atoms with van der Waals surface area (Å²) in [6, 6.07) is 1.77. The van der Waals surface area contributed by atoms with Crippen LogP contribution in [0, 0.1) is 12.8 Å². The quantitative estimate of drug-likeness (QED) is 0.884. The molecule has 2 heterocycles. The van der Waals surface area contributed by atoms with Crippen molar-refractivity contribution in [3.63, 3.8) is 0 Å². The summed E-state index contributed by atoms with van der Waals surface area (Å²) in [6.07, 6.45) is 0. The lowest BCUT2D eigenvalue weighted by molar-refractivity contribution is 0.0142. The van der Waals surface area contributed by atoms with E-state index in [0.29, 0.717) is 22.4 Å². The van der Waals surface area contributed by atoms with Gasteiger partial charge in [0.05, 0.1) is 22.2 Å². The fourth-order valence-corrected chi connectivity index (χ4v) is 2.15. The number of nitrogens with one attached hydrogen (secondary N) is 1. The van der Waals surface area contributed by atoms with E-state index in [9.17, 15) is 9.90 Å². The molecule has 0 saturated heterocycles. The Morgan fingerprint density at radius 1 is 1.39 bits per heavy atom. The molecule has 0 bridgehead atoms. The summed E-state index contributed by atoms with van der Waals surface area (Å²) in [5, 5.41) is 17.6. The highest BCUT2D eigenvalue weighted by atomic mass is 16.5. The topological polar surface area (TPSA) is 88.2 Å². The molecule has 1 unspecified atom stereocenters. The van der Waals surface area contributed by atoms with Crippen molar-refractivity contribution in [3.8, 4) is 0 Å². The van der Waals surface area contributed by atoms with Crippen molar-refractivity contribution in [1.82, 2.24) is 15.5 Å². The van der Waals surface area contributed by atoms with E-state index < -0.39 is 5.60 Å². The second-order valence-corrected chi connectivity index (χ2v) is 6.89. The van der Waals surface area contributed by atoms with Crippen molar-refractivity contribution < 1.29 is 14.4 Å². The third-order valence-electron chi connectivity index (χ3n) is 4.32. The maximum atomic E-state index is 12.6. The first kappa shape index (κ1) is 17.4. The van der Waals surface area contributed by atoms with Crippen LogP contribution in [-0.4, -0.2) is 33.3 Å². The van der Waals surface area contributed by atoms with Crippen LogP contribution in [0.2, 0.25) is 0 Å². The van der Waals surface area contributed by atoms with Gasteiger partial charge in [0.15, 0.2) is 0 Å². The Balaban J connectivity index is 2.37. The Labute approximate surface area is 136 Å². The Bertz CT molecular complexity index is 717. The van der Waals surface area contributed by atoms with Crippen molar-refractivity contribution in [3.05, 3.63) is 23.0 Å². The first-order valence-electron chi connectivity index (χ1n) is 7.91. The Hall–Kier alpha value is -1.95. The van der Waals surface area contributed by atoms with Crippen molar-refractivity contribution in [2.45, 2.75) is 53.1 Å². The van der Waals surface area contributed by atoms with Gasteiger partial charge in [-0.15, -0.1) is 0 Å². The lowest BCUT2D eigenvalue weighted by Gasteiger charge is -2.27. The lowest BCUT2D eigenvalue weighted by Crippen LogP contribution is -2.44. The van der Waals surface area contributed by atoms with Gasteiger partial charge in [-0.3, -0.25) is 4.79 Å². The fourth-order valence-electron chi connectivity index (χ4n) is 2.15. The normalized spacial score (nSPS) is 14.5. The molecule has 2 aromatic rings. The maximum absolute atomic E-state index is 12.6. The molecule has 0 saturated carbocycles. The molecule has 2 N–H and O–H groups in total. The van der Waals surface area contributed by atoms with Gasteiger partial charge < -0.3 is 14.9 Å². The van der Waals surface area contributed by atoms with Gasteiger partial charge in [0.1, 0.15) is 0 Å². The Kier molecular flexibility index (Phi) is 4.75. The molecular weight excluding hydrogens is 294 g/mol. The van der Waals surface area contributed by atoms with Crippen molar-refractivity contribution in [1.29, 1.82) is 0 Å². The van der Waals surface area contributed by atoms with Gasteiger partial charge in [0.2, 0.25) is 0 Å². The van der Waals surface area contributed by atoms with E-state index in [2.05, 4.69) is 15.5 Å². The largest absolute Gasteiger partial charge is 0.388 e. The Morgan fingerprint density at radius 3 is 2.61 bits per heavy atom. The predicted octanol–water partition coefficient (Wildman–Crippen LogP) is 2.79. The highest BCUT2D eigenvalue weighted by Crippen LogP contribution is 2.25. The van der Waals surface area contributed by atoms with Crippen LogP contribution < -0.4 is 5.32 Å². The monoisotopic (exact) mass is 319 g/mol. The molecule has 0 fully saturated rings. The van der Waals surface area contributed by atoms with Gasteiger partial charge in [0.25, 0.3) is 11.6 Å². The van der Waals surface area contributed by atoms with Crippen molar-refractivity contribution in [2.24, 2.45) is 5.92 Å². The zero-order valence-electron chi connectivity index (χ0n) is 14.6. The van der Waals surface area contributed by atoms with Crippen LogP contribution in [0.3, 0.4) is 0 Å². The number of fused-ring (bicyclic) bond motifs is 1. The molecule has 1 atom stereocenters.